The molecule has 0 saturated carbocycles. The van der Waals surface area contributed by atoms with Crippen LogP contribution < -0.4 is 0 Å². The molecule has 0 aliphatic heterocycles. The van der Waals surface area contributed by atoms with E-state index in [1.807, 2.05) is 54.6 Å². The van der Waals surface area contributed by atoms with Crippen molar-refractivity contribution in [3.63, 3.8) is 0 Å². The molecule has 0 saturated heterocycles. The fourth-order valence-corrected chi connectivity index (χ4v) is 6.71. The second kappa shape index (κ2) is 11.5. The average molecular weight is 655 g/mol. The maximum absolute atomic E-state index is 9.76. The number of fused-ring (bicyclic) bond motifs is 6. The van der Waals surface area contributed by atoms with Gasteiger partial charge in [0.1, 0.15) is 0 Å². The molecule has 0 radical (unpaired) electrons. The minimum absolute atomic E-state index is 0.00890. The molecule has 8 aromatic carbocycles. The van der Waals surface area contributed by atoms with E-state index in [4.69, 9.17) is 20.6 Å². The molecule has 2 heteroatoms. The Bertz CT molecular complexity index is 3720. The molecule has 10 rings (SSSR count). The maximum atomic E-state index is 9.76. The van der Waals surface area contributed by atoms with Gasteiger partial charge in [-0.1, -0.05) is 127 Å². The number of aromatic nitrogens is 2. The van der Waals surface area contributed by atoms with Crippen LogP contribution in [0.5, 0.6) is 0 Å². The van der Waals surface area contributed by atoms with Crippen LogP contribution in [0.2, 0.25) is 0 Å². The zero-order valence-electron chi connectivity index (χ0n) is 44.0. The first-order valence-electron chi connectivity index (χ1n) is 24.7. The zero-order valence-corrected chi connectivity index (χ0v) is 26.0. The lowest BCUT2D eigenvalue weighted by Crippen LogP contribution is -1.96. The van der Waals surface area contributed by atoms with Crippen LogP contribution in [0.3, 0.4) is 0 Å². The molecule has 0 atom stereocenters. The van der Waals surface area contributed by atoms with Crippen LogP contribution in [-0.4, -0.2) is 9.13 Å². The Balaban J connectivity index is 1.26. The van der Waals surface area contributed by atoms with Gasteiger partial charge in [-0.15, -0.1) is 0 Å². The predicted molar refractivity (Wildman–Crippen MR) is 211 cm³/mol. The molecule has 0 fully saturated rings. The quantitative estimate of drug-likeness (QED) is 0.175. The van der Waals surface area contributed by atoms with Gasteiger partial charge in [-0.05, 0) is 100.0 Å². The molecule has 0 aliphatic carbocycles. The molecule has 0 unspecified atom stereocenters. The first-order valence-corrected chi connectivity index (χ1v) is 15.7. The van der Waals surface area contributed by atoms with Gasteiger partial charge in [0, 0.05) is 32.9 Å². The molecule has 0 amide bonds. The van der Waals surface area contributed by atoms with Gasteiger partial charge in [-0.25, -0.2) is 0 Å². The van der Waals surface area contributed by atoms with Crippen molar-refractivity contribution < 1.29 is 24.7 Å². The van der Waals surface area contributed by atoms with Gasteiger partial charge in [0.25, 0.3) is 0 Å². The molecule has 2 nitrogen and oxygen atoms in total. The van der Waals surface area contributed by atoms with Crippen LogP contribution in [0.25, 0.3) is 88.4 Å². The third-order valence-corrected chi connectivity index (χ3v) is 8.85. The summed E-state index contributed by atoms with van der Waals surface area (Å²) in [7, 11) is 0. The van der Waals surface area contributed by atoms with Crippen molar-refractivity contribution in [2.45, 2.75) is 0 Å². The number of benzene rings is 8. The number of rotatable bonds is 5. The summed E-state index contributed by atoms with van der Waals surface area (Å²) < 4.78 is 161. The lowest BCUT2D eigenvalue weighted by Gasteiger charge is -2.14. The van der Waals surface area contributed by atoms with Crippen molar-refractivity contribution in [3.8, 4) is 44.8 Å². The summed E-state index contributed by atoms with van der Waals surface area (Å²) in [6.07, 6.45) is 0. The highest BCUT2D eigenvalue weighted by Gasteiger charge is 2.17. The van der Waals surface area contributed by atoms with E-state index >= 15 is 0 Å². The largest absolute Gasteiger partial charge is 0.309 e. The molecule has 10 aromatic rings. The molecule has 50 heavy (non-hydrogen) atoms. The smallest absolute Gasteiger partial charge is 0.0651 e. The molecule has 0 N–H and O–H groups in total. The van der Waals surface area contributed by atoms with Gasteiger partial charge in [-0.3, -0.25) is 0 Å². The van der Waals surface area contributed by atoms with Gasteiger partial charge in [0.2, 0.25) is 0 Å². The van der Waals surface area contributed by atoms with E-state index in [0.29, 0.717) is 32.8 Å². The van der Waals surface area contributed by atoms with Crippen molar-refractivity contribution >= 4 is 43.6 Å². The van der Waals surface area contributed by atoms with Crippen molar-refractivity contribution in [2.75, 3.05) is 0 Å². The number of nitrogens with zero attached hydrogens (tertiary/aromatic N) is 2. The van der Waals surface area contributed by atoms with Crippen LogP contribution in [0.4, 0.5) is 0 Å². The Kier molecular flexibility index (Phi) is 3.62. The average Bonchev–Trinajstić information content (AvgIpc) is 3.84. The summed E-state index contributed by atoms with van der Waals surface area (Å²) in [6.45, 7) is 0. The lowest BCUT2D eigenvalue weighted by molar-refractivity contribution is 1.18. The summed E-state index contributed by atoms with van der Waals surface area (Å²) in [4.78, 5) is 0. The zero-order chi connectivity index (χ0) is 48.7. The highest BCUT2D eigenvalue weighted by Crippen LogP contribution is 2.39. The number of hydrogen-bond acceptors (Lipinski definition) is 0. The normalized spacial score (nSPS) is 16.6. The predicted octanol–water partition coefficient (Wildman–Crippen LogP) is 12.9. The SMILES string of the molecule is [2H]c1c([2H])c([2H])c(-c2c([2H])c(-c3c([2H])c([2H])c([2H])c([2H])c3[2H])c([2H])c(-n3c4ccccc4c4cc(-c5ccc6c(c5)c5ccccc5n6-c5c([2H])c([2H])c([2H])c([2H])c5[2H])ccc43)c2[2H])c([2H])c1[2H]. The molecular weight excluding hydrogens is 605 g/mol. The van der Waals surface area contributed by atoms with Gasteiger partial charge in [0.05, 0.1) is 46.7 Å². The standard InChI is InChI=1S/C48H32N2/c1-4-14-33(15-5-1)37-28-38(34-16-6-2-7-17-34)30-40(29-37)50-46-23-13-11-21-42(46)44-32-36(25-27-48(44)50)35-24-26-47-43(31-35)41-20-10-12-22-45(41)49(47)39-18-8-3-9-19-39/h1-32H/i1D,2D,3D,4D,5D,6D,7D,8D,9D,14D,15D,16D,17D,18D,19D,28D,29D,30D. The highest BCUT2D eigenvalue weighted by molar-refractivity contribution is 6.12. The Morgan fingerprint density at radius 2 is 0.740 bits per heavy atom. The van der Waals surface area contributed by atoms with Crippen LogP contribution in [-0.2, 0) is 0 Å². The molecular formula is C48H32N2. The molecule has 2 aromatic heterocycles. The van der Waals surface area contributed by atoms with Gasteiger partial charge >= 0.3 is 0 Å². The number of para-hydroxylation sites is 3. The summed E-state index contributed by atoms with van der Waals surface area (Å²) in [5.74, 6) is 0. The fraction of sp³-hybridized carbons (Fsp3) is 0. The first-order chi connectivity index (χ1) is 32.3. The summed E-state index contributed by atoms with van der Waals surface area (Å²) in [6, 6.07) is 14.1. The Hall–Kier alpha value is -6.64. The van der Waals surface area contributed by atoms with E-state index in [1.165, 1.54) is 0 Å². The van der Waals surface area contributed by atoms with E-state index in [1.54, 1.807) is 39.5 Å². The summed E-state index contributed by atoms with van der Waals surface area (Å²) in [5.41, 5.74) is 1.26. The van der Waals surface area contributed by atoms with E-state index in [0.717, 1.165) is 21.9 Å². The minimum Gasteiger partial charge on any atom is -0.309 e. The van der Waals surface area contributed by atoms with Crippen molar-refractivity contribution in [1.82, 2.24) is 9.13 Å². The van der Waals surface area contributed by atoms with Crippen molar-refractivity contribution in [1.29, 1.82) is 0 Å². The monoisotopic (exact) mass is 654 g/mol. The Morgan fingerprint density at radius 1 is 0.320 bits per heavy atom. The Labute approximate surface area is 316 Å². The molecule has 0 bridgehead atoms. The third kappa shape index (κ3) is 4.57. The third-order valence-electron chi connectivity index (χ3n) is 8.85. The van der Waals surface area contributed by atoms with Gasteiger partial charge in [-0.2, -0.15) is 0 Å². The molecule has 0 spiro atoms. The van der Waals surface area contributed by atoms with Crippen molar-refractivity contribution in [3.05, 3.63) is 194 Å². The first kappa shape index (κ1) is 15.7. The van der Waals surface area contributed by atoms with Crippen LogP contribution in [0.1, 0.15) is 24.7 Å². The maximum Gasteiger partial charge on any atom is 0.0651 e. The Morgan fingerprint density at radius 3 is 1.24 bits per heavy atom. The van der Waals surface area contributed by atoms with E-state index in [9.17, 15) is 4.11 Å². The molecule has 2 heterocycles. The van der Waals surface area contributed by atoms with E-state index < -0.39 is 119 Å². The topological polar surface area (TPSA) is 9.86 Å². The molecule has 0 aliphatic rings. The fourth-order valence-electron chi connectivity index (χ4n) is 6.71. The molecule has 234 valence electrons. The van der Waals surface area contributed by atoms with Gasteiger partial charge < -0.3 is 9.13 Å². The summed E-state index contributed by atoms with van der Waals surface area (Å²) >= 11 is 0. The lowest BCUT2D eigenvalue weighted by atomic mass is 9.98. The van der Waals surface area contributed by atoms with Crippen LogP contribution in [0.15, 0.2) is 194 Å². The van der Waals surface area contributed by atoms with E-state index in [2.05, 4.69) is 0 Å². The second-order valence-electron chi connectivity index (χ2n) is 11.6. The highest BCUT2D eigenvalue weighted by atomic mass is 15.0. The van der Waals surface area contributed by atoms with Gasteiger partial charge in [0.15, 0.2) is 0 Å². The number of hydrogen-bond donors (Lipinski definition) is 0. The van der Waals surface area contributed by atoms with E-state index in [-0.39, 0.29) is 23.5 Å². The second-order valence-corrected chi connectivity index (χ2v) is 11.6. The van der Waals surface area contributed by atoms with Crippen molar-refractivity contribution in [2.24, 2.45) is 0 Å². The minimum atomic E-state index is -0.748. The van der Waals surface area contributed by atoms with Crippen LogP contribution >= 0.6 is 0 Å². The summed E-state index contributed by atoms with van der Waals surface area (Å²) in [5, 5.41) is 2.77. The van der Waals surface area contributed by atoms with Crippen LogP contribution in [0, 0.1) is 0 Å².